The largest absolute Gasteiger partial charge is 0.445 e. The second kappa shape index (κ2) is 8.17. The molecule has 1 aliphatic heterocycles. The number of allylic oxidation sites excluding steroid dienone is 1. The van der Waals surface area contributed by atoms with Crippen LogP contribution in [0.5, 0.6) is 5.88 Å². The molecule has 2 aromatic rings. The van der Waals surface area contributed by atoms with E-state index >= 15 is 0 Å². The molecule has 0 radical (unpaired) electrons. The number of amides is 1. The van der Waals surface area contributed by atoms with Crippen molar-refractivity contribution in [3.05, 3.63) is 59.5 Å². The molecule has 0 fully saturated rings. The van der Waals surface area contributed by atoms with Crippen molar-refractivity contribution in [2.24, 2.45) is 10.7 Å². The van der Waals surface area contributed by atoms with E-state index in [1.807, 2.05) is 0 Å². The van der Waals surface area contributed by atoms with Gasteiger partial charge in [-0.15, -0.1) is 0 Å². The Kier molecular flexibility index (Phi) is 5.66. The second-order valence-electron chi connectivity index (χ2n) is 6.09. The summed E-state index contributed by atoms with van der Waals surface area (Å²) in [6.07, 6.45) is 3.50. The van der Waals surface area contributed by atoms with Crippen LogP contribution >= 0.6 is 0 Å². The highest BCUT2D eigenvalue weighted by Gasteiger charge is 2.32. The van der Waals surface area contributed by atoms with E-state index < -0.39 is 30.8 Å². The molecule has 8 nitrogen and oxygen atoms in total. The van der Waals surface area contributed by atoms with Crippen molar-refractivity contribution in [1.29, 1.82) is 0 Å². The number of hydrogen-bond acceptors (Lipinski definition) is 7. The Balaban J connectivity index is 1.86. The van der Waals surface area contributed by atoms with Gasteiger partial charge >= 0.3 is 0 Å². The lowest BCUT2D eigenvalue weighted by Crippen LogP contribution is -2.31. The number of halogens is 3. The van der Waals surface area contributed by atoms with Gasteiger partial charge in [0, 0.05) is 11.3 Å². The first-order valence-electron chi connectivity index (χ1n) is 8.27. The molecule has 1 aliphatic rings. The first kappa shape index (κ1) is 20.1. The van der Waals surface area contributed by atoms with Crippen LogP contribution in [-0.2, 0) is 10.3 Å². The average molecular weight is 407 g/mol. The summed E-state index contributed by atoms with van der Waals surface area (Å²) in [6.45, 7) is -0.490. The predicted molar refractivity (Wildman–Crippen MR) is 97.1 cm³/mol. The number of anilines is 1. The summed E-state index contributed by atoms with van der Waals surface area (Å²) >= 11 is 0. The van der Waals surface area contributed by atoms with Crippen LogP contribution in [0.3, 0.4) is 0 Å². The summed E-state index contributed by atoms with van der Waals surface area (Å²) in [5, 5.41) is 2.54. The smallest absolute Gasteiger partial charge is 0.288 e. The van der Waals surface area contributed by atoms with Gasteiger partial charge < -0.3 is 20.5 Å². The molecule has 0 aliphatic carbocycles. The van der Waals surface area contributed by atoms with Crippen molar-refractivity contribution in [1.82, 2.24) is 9.97 Å². The molecule has 29 heavy (non-hydrogen) atoms. The first-order chi connectivity index (χ1) is 13.8. The minimum Gasteiger partial charge on any atom is -0.445 e. The molecule has 1 aromatic carbocycles. The highest BCUT2D eigenvalue weighted by molar-refractivity contribution is 6.02. The van der Waals surface area contributed by atoms with E-state index in [1.165, 1.54) is 25.1 Å². The third-order valence-electron chi connectivity index (χ3n) is 3.98. The van der Waals surface area contributed by atoms with Crippen molar-refractivity contribution < 1.29 is 27.4 Å². The Morgan fingerprint density at radius 1 is 1.31 bits per heavy atom. The number of aliphatic imine (C=N–C) groups is 1. The normalized spacial score (nSPS) is 18.3. The molecule has 2 heterocycles. The summed E-state index contributed by atoms with van der Waals surface area (Å²) in [7, 11) is 0. The SMILES string of the molecule is C[C@@]1(c2cc(NC(=O)c3cnc(OCF)cn3)ccc2F)C=C(CF)OC(N)=N1. The van der Waals surface area contributed by atoms with Crippen LogP contribution in [0.15, 0.2) is 47.4 Å². The summed E-state index contributed by atoms with van der Waals surface area (Å²) in [6, 6.07) is 3.50. The average Bonchev–Trinajstić information content (AvgIpc) is 2.69. The Bertz CT molecular complexity index is 981. The summed E-state index contributed by atoms with van der Waals surface area (Å²) in [5.74, 6) is -1.45. The number of aromatic nitrogens is 2. The maximum absolute atomic E-state index is 14.5. The maximum Gasteiger partial charge on any atom is 0.288 e. The molecule has 0 spiro atoms. The lowest BCUT2D eigenvalue weighted by atomic mass is 9.90. The molecule has 3 rings (SSSR count). The Morgan fingerprint density at radius 2 is 2.10 bits per heavy atom. The van der Waals surface area contributed by atoms with E-state index in [4.69, 9.17) is 10.5 Å². The Labute approximate surface area is 163 Å². The van der Waals surface area contributed by atoms with Crippen LogP contribution in [0.25, 0.3) is 0 Å². The van der Waals surface area contributed by atoms with Gasteiger partial charge in [-0.3, -0.25) is 4.79 Å². The van der Waals surface area contributed by atoms with E-state index in [1.54, 1.807) is 0 Å². The lowest BCUT2D eigenvalue weighted by molar-refractivity contribution is 0.102. The molecule has 0 unspecified atom stereocenters. The fourth-order valence-electron chi connectivity index (χ4n) is 2.72. The van der Waals surface area contributed by atoms with Gasteiger partial charge in [0.15, 0.2) is 0 Å². The molecular weight excluding hydrogens is 391 g/mol. The third kappa shape index (κ3) is 4.45. The van der Waals surface area contributed by atoms with Crippen molar-refractivity contribution in [3.8, 4) is 5.88 Å². The van der Waals surface area contributed by atoms with E-state index in [0.29, 0.717) is 0 Å². The highest BCUT2D eigenvalue weighted by atomic mass is 19.1. The minimum atomic E-state index is -1.33. The van der Waals surface area contributed by atoms with E-state index in [0.717, 1.165) is 18.5 Å². The first-order valence-corrected chi connectivity index (χ1v) is 8.27. The van der Waals surface area contributed by atoms with E-state index in [9.17, 15) is 18.0 Å². The predicted octanol–water partition coefficient (Wildman–Crippen LogP) is 2.59. The molecule has 1 aromatic heterocycles. The number of nitrogens with zero attached hydrogens (tertiary/aromatic N) is 3. The third-order valence-corrected chi connectivity index (χ3v) is 3.98. The van der Waals surface area contributed by atoms with Gasteiger partial charge in [0.25, 0.3) is 11.9 Å². The van der Waals surface area contributed by atoms with Crippen molar-refractivity contribution >= 4 is 17.6 Å². The number of amidine groups is 1. The molecule has 0 bridgehead atoms. The number of carbonyl (C=O) groups is 1. The van der Waals surface area contributed by atoms with Crippen molar-refractivity contribution in [3.63, 3.8) is 0 Å². The van der Waals surface area contributed by atoms with Gasteiger partial charge in [0.05, 0.1) is 12.4 Å². The van der Waals surface area contributed by atoms with E-state index in [-0.39, 0.29) is 34.6 Å². The quantitative estimate of drug-likeness (QED) is 0.761. The van der Waals surface area contributed by atoms with Gasteiger partial charge in [-0.1, -0.05) is 0 Å². The number of alkyl halides is 2. The molecule has 3 N–H and O–H groups in total. The molecule has 1 amide bonds. The second-order valence-corrected chi connectivity index (χ2v) is 6.09. The van der Waals surface area contributed by atoms with Crippen LogP contribution in [0.4, 0.5) is 18.9 Å². The number of rotatable bonds is 6. The highest BCUT2D eigenvalue weighted by Crippen LogP contribution is 2.35. The fourth-order valence-corrected chi connectivity index (χ4v) is 2.72. The van der Waals surface area contributed by atoms with Gasteiger partial charge in [0.2, 0.25) is 12.7 Å². The molecule has 152 valence electrons. The van der Waals surface area contributed by atoms with Crippen LogP contribution < -0.4 is 15.8 Å². The number of benzene rings is 1. The fraction of sp³-hybridized carbons (Fsp3) is 0.222. The van der Waals surface area contributed by atoms with Crippen molar-refractivity contribution in [2.45, 2.75) is 12.5 Å². The maximum atomic E-state index is 14.5. The summed E-state index contributed by atoms with van der Waals surface area (Å²) < 4.78 is 49.1. The van der Waals surface area contributed by atoms with Gasteiger partial charge in [-0.05, 0) is 31.2 Å². The van der Waals surface area contributed by atoms with Crippen LogP contribution in [0.2, 0.25) is 0 Å². The van der Waals surface area contributed by atoms with E-state index in [2.05, 4.69) is 25.0 Å². The zero-order valence-corrected chi connectivity index (χ0v) is 15.2. The number of nitrogens with one attached hydrogen (secondary N) is 1. The van der Waals surface area contributed by atoms with Gasteiger partial charge in [-0.25, -0.2) is 28.1 Å². The van der Waals surface area contributed by atoms with Crippen LogP contribution in [0.1, 0.15) is 23.0 Å². The van der Waals surface area contributed by atoms with Gasteiger partial charge in [0.1, 0.15) is 29.5 Å². The summed E-state index contributed by atoms with van der Waals surface area (Å²) in [4.78, 5) is 24.0. The molecule has 1 atom stereocenters. The molecule has 0 saturated carbocycles. The Morgan fingerprint density at radius 3 is 2.76 bits per heavy atom. The van der Waals surface area contributed by atoms with Crippen LogP contribution in [-0.4, -0.2) is 35.4 Å². The number of carbonyl (C=O) groups excluding carboxylic acids is 1. The van der Waals surface area contributed by atoms with Gasteiger partial charge in [-0.2, -0.15) is 0 Å². The standard InChI is InChI=1S/C18H16F3N5O3/c1-18(5-11(6-19)29-17(22)26-18)12-4-10(2-3-13(12)21)25-16(27)14-7-24-15(8-23-14)28-9-20/h2-5,7-8H,6,9H2,1H3,(H2,22,26)(H,25,27)/t18-/m0/s1. The number of nitrogens with two attached hydrogens (primary N) is 1. The monoisotopic (exact) mass is 407 g/mol. The summed E-state index contributed by atoms with van der Waals surface area (Å²) in [5.41, 5.74) is 4.45. The molecular formula is C18H16F3N5O3. The number of ether oxygens (including phenoxy) is 2. The Hall–Kier alpha value is -3.63. The topological polar surface area (TPSA) is 112 Å². The molecule has 0 saturated heterocycles. The molecule has 11 heteroatoms. The zero-order valence-electron chi connectivity index (χ0n) is 15.2. The zero-order chi connectivity index (χ0) is 21.0. The lowest BCUT2D eigenvalue weighted by Gasteiger charge is -2.28. The van der Waals surface area contributed by atoms with Crippen molar-refractivity contribution in [2.75, 3.05) is 18.9 Å². The number of hydrogen-bond donors (Lipinski definition) is 2. The minimum absolute atomic E-state index is 0.0466. The van der Waals surface area contributed by atoms with Crippen LogP contribution in [0, 0.1) is 5.82 Å².